The summed E-state index contributed by atoms with van der Waals surface area (Å²) in [6.07, 6.45) is 5.51. The summed E-state index contributed by atoms with van der Waals surface area (Å²) in [5.41, 5.74) is 0.736. The molecule has 2 saturated heterocycles. The lowest BCUT2D eigenvalue weighted by atomic mass is 9.42. The van der Waals surface area contributed by atoms with Crippen LogP contribution in [0.4, 0.5) is 21.8 Å². The number of hydrogen-bond donors (Lipinski definition) is 3. The number of aromatic nitrogens is 2. The molecule has 2 aromatic rings. The minimum absolute atomic E-state index is 0.0713. The van der Waals surface area contributed by atoms with Crippen molar-refractivity contribution in [1.82, 2.24) is 14.9 Å². The average molecular weight is 493 g/mol. The van der Waals surface area contributed by atoms with E-state index in [1.54, 1.807) is 41.0 Å². The molecule has 0 radical (unpaired) electrons. The van der Waals surface area contributed by atoms with Crippen LogP contribution in [0, 0.1) is 5.82 Å². The second-order valence-corrected chi connectivity index (χ2v) is 11.6. The number of ether oxygens (including phenoxy) is 2. The maximum atomic E-state index is 14.7. The van der Waals surface area contributed by atoms with Crippen molar-refractivity contribution in [2.24, 2.45) is 0 Å². The van der Waals surface area contributed by atoms with Crippen LogP contribution in [0.3, 0.4) is 0 Å². The number of rotatable bonds is 8. The van der Waals surface area contributed by atoms with Crippen LogP contribution < -0.4 is 20.1 Å². The predicted octanol–water partition coefficient (Wildman–Crippen LogP) is -0.604. The third kappa shape index (κ3) is 5.62. The fourth-order valence-corrected chi connectivity index (χ4v) is 5.20. The molecule has 0 amide bonds. The molecule has 190 valence electrons. The number of benzene rings is 1. The molecule has 4 rings (SSSR count). The van der Waals surface area contributed by atoms with Crippen LogP contribution in [0.1, 0.15) is 39.5 Å². The molecular weight excluding hydrogens is 457 g/mol. The largest absolute Gasteiger partial charge is 0.500 e. The van der Waals surface area contributed by atoms with Gasteiger partial charge in [0.1, 0.15) is 31.4 Å². The van der Waals surface area contributed by atoms with Gasteiger partial charge in [0.15, 0.2) is 23.1 Å². The van der Waals surface area contributed by atoms with E-state index in [0.717, 1.165) is 19.4 Å². The Morgan fingerprint density at radius 2 is 1.97 bits per heavy atom. The van der Waals surface area contributed by atoms with Gasteiger partial charge in [0.2, 0.25) is 5.95 Å². The van der Waals surface area contributed by atoms with Gasteiger partial charge in [-0.05, 0) is 58.2 Å². The minimum atomic E-state index is -1.07. The van der Waals surface area contributed by atoms with Gasteiger partial charge in [-0.3, -0.25) is 4.90 Å². The lowest BCUT2D eigenvalue weighted by molar-refractivity contribution is 0.0500. The van der Waals surface area contributed by atoms with Gasteiger partial charge in [-0.15, -0.1) is 0 Å². The van der Waals surface area contributed by atoms with Crippen molar-refractivity contribution in [3.8, 4) is 11.5 Å². The van der Waals surface area contributed by atoms with E-state index in [2.05, 4.69) is 39.3 Å². The van der Waals surface area contributed by atoms with Crippen molar-refractivity contribution in [3.05, 3.63) is 30.2 Å². The van der Waals surface area contributed by atoms with E-state index in [9.17, 15) is 9.50 Å². The van der Waals surface area contributed by atoms with Crippen LogP contribution in [0.15, 0.2) is 24.4 Å². The third-order valence-corrected chi connectivity index (χ3v) is 7.80. The number of nitrogens with one attached hydrogen (secondary N) is 2. The van der Waals surface area contributed by atoms with Gasteiger partial charge < -0.3 is 25.2 Å². The van der Waals surface area contributed by atoms with E-state index in [1.165, 1.54) is 19.0 Å². The zero-order valence-corrected chi connectivity index (χ0v) is 22.5. The maximum absolute atomic E-state index is 14.7. The average Bonchev–Trinajstić information content (AvgIpc) is 3.25. The van der Waals surface area contributed by atoms with E-state index in [-0.39, 0.29) is 23.3 Å². The van der Waals surface area contributed by atoms with Crippen molar-refractivity contribution < 1.29 is 19.0 Å². The monoisotopic (exact) mass is 493 g/mol. The Kier molecular flexibility index (Phi) is 7.27. The number of anilines is 3. The highest BCUT2D eigenvalue weighted by Gasteiger charge is 2.43. The molecule has 3 N–H and O–H groups in total. The van der Waals surface area contributed by atoms with Gasteiger partial charge in [0.05, 0.1) is 18.7 Å². The quantitative estimate of drug-likeness (QED) is 0.421. The molecule has 3 heterocycles. The molecular formula is C23H36B4FN5O3. The van der Waals surface area contributed by atoms with Crippen LogP contribution in [0.25, 0.3) is 0 Å². The Morgan fingerprint density at radius 1 is 1.22 bits per heavy atom. The van der Waals surface area contributed by atoms with E-state index < -0.39 is 16.6 Å². The van der Waals surface area contributed by atoms with Crippen LogP contribution in [-0.2, 0) is 0 Å². The summed E-state index contributed by atoms with van der Waals surface area (Å²) >= 11 is 0. The van der Waals surface area contributed by atoms with Gasteiger partial charge in [-0.1, -0.05) is 0 Å². The van der Waals surface area contributed by atoms with Gasteiger partial charge >= 0.3 is 0 Å². The number of methoxy groups -OCH3 is 1. The Hall–Kier alpha value is -2.39. The molecule has 13 heteroatoms. The minimum Gasteiger partial charge on any atom is -0.500 e. The van der Waals surface area contributed by atoms with E-state index in [4.69, 9.17) is 9.47 Å². The Morgan fingerprint density at radius 3 is 2.67 bits per heavy atom. The van der Waals surface area contributed by atoms with Crippen LogP contribution in [0.2, 0.25) is 0 Å². The van der Waals surface area contributed by atoms with Crippen molar-refractivity contribution in [1.29, 1.82) is 0 Å². The fourth-order valence-electron chi connectivity index (χ4n) is 5.20. The summed E-state index contributed by atoms with van der Waals surface area (Å²) in [7, 11) is 8.58. The van der Waals surface area contributed by atoms with Crippen molar-refractivity contribution in [2.75, 3.05) is 24.3 Å². The molecule has 36 heavy (non-hydrogen) atoms. The molecule has 2 aliphatic heterocycles. The maximum Gasteiger partial charge on any atom is 0.229 e. The highest BCUT2D eigenvalue weighted by atomic mass is 19.1. The normalized spacial score (nSPS) is 22.0. The summed E-state index contributed by atoms with van der Waals surface area (Å²) in [6.45, 7) is 5.68. The topological polar surface area (TPSA) is 91.8 Å². The smallest absolute Gasteiger partial charge is 0.229 e. The van der Waals surface area contributed by atoms with Crippen LogP contribution in [-0.4, -0.2) is 93.4 Å². The summed E-state index contributed by atoms with van der Waals surface area (Å²) < 4.78 is 26.2. The number of nitrogens with zero attached hydrogens (tertiary/aromatic N) is 3. The summed E-state index contributed by atoms with van der Waals surface area (Å²) in [6, 6.07) is 6.00. The number of halogens is 1. The molecule has 1 aromatic carbocycles. The highest BCUT2D eigenvalue weighted by Crippen LogP contribution is 2.39. The predicted molar refractivity (Wildman–Crippen MR) is 151 cm³/mol. The SMILES string of the molecule is BC(B)(O)C(B)(B)Oc1ccc(Nc2ncc(F)c(N[C@@H]3C[C@@H]4CCCN4C(C)(C)C3)n2)cc1OC. The number of fused-ring (bicyclic) bond motifs is 1. The first-order valence-corrected chi connectivity index (χ1v) is 12.7. The van der Waals surface area contributed by atoms with Crippen molar-refractivity contribution in [2.45, 2.75) is 68.0 Å². The van der Waals surface area contributed by atoms with E-state index in [0.29, 0.717) is 23.2 Å². The standard InChI is InChI=1S/C23H36B4FN5O3/c1-21(2)11-14(9-15-5-4-8-33(15)21)30-19-16(28)12-29-20(32-19)31-13-6-7-17(18(10-13)35-3)36-23(26,27)22(24,25)34/h6-7,10,12,14-15,34H,4-5,8-9,11,24-27H2,1-3H3,(H2,29,30,31,32)/t14-,15+/m1/s1. The first-order valence-electron chi connectivity index (χ1n) is 12.7. The Balaban J connectivity index is 1.49. The lowest BCUT2D eigenvalue weighted by Crippen LogP contribution is -2.60. The van der Waals surface area contributed by atoms with E-state index >= 15 is 0 Å². The Bertz CT molecular complexity index is 1100. The first-order chi connectivity index (χ1) is 16.8. The van der Waals surface area contributed by atoms with E-state index in [1.807, 2.05) is 15.7 Å². The molecule has 0 saturated carbocycles. The van der Waals surface area contributed by atoms with Gasteiger partial charge in [-0.2, -0.15) is 4.98 Å². The number of piperidine rings is 1. The zero-order chi connectivity index (χ0) is 26.3. The second kappa shape index (κ2) is 9.82. The van der Waals surface area contributed by atoms with Gasteiger partial charge in [0, 0.05) is 34.8 Å². The Labute approximate surface area is 216 Å². The van der Waals surface area contributed by atoms with Crippen LogP contribution >= 0.6 is 0 Å². The molecule has 2 fully saturated rings. The summed E-state index contributed by atoms with van der Waals surface area (Å²) in [5.74, 6) is 1.01. The molecule has 0 spiro atoms. The van der Waals surface area contributed by atoms with Gasteiger partial charge in [0.25, 0.3) is 0 Å². The van der Waals surface area contributed by atoms with Crippen molar-refractivity contribution >= 4 is 48.8 Å². The molecule has 2 aliphatic rings. The second-order valence-electron chi connectivity index (χ2n) is 11.6. The summed E-state index contributed by atoms with van der Waals surface area (Å²) in [4.78, 5) is 11.2. The molecule has 0 bridgehead atoms. The molecule has 2 atom stereocenters. The number of hydrogen-bond acceptors (Lipinski definition) is 8. The lowest BCUT2D eigenvalue weighted by Gasteiger charge is -2.47. The molecule has 8 nitrogen and oxygen atoms in total. The highest BCUT2D eigenvalue weighted by molar-refractivity contribution is 6.53. The fraction of sp³-hybridized carbons (Fsp3) is 0.565. The molecule has 0 aliphatic carbocycles. The third-order valence-electron chi connectivity index (χ3n) is 7.80. The van der Waals surface area contributed by atoms with Crippen molar-refractivity contribution in [3.63, 3.8) is 0 Å². The first kappa shape index (κ1) is 26.7. The van der Waals surface area contributed by atoms with Gasteiger partial charge in [-0.25, -0.2) is 9.37 Å². The molecule has 0 unspecified atom stereocenters. The summed E-state index contributed by atoms with van der Waals surface area (Å²) in [5, 5.41) is 15.0. The zero-order valence-electron chi connectivity index (χ0n) is 22.5. The number of aliphatic hydroxyl groups is 1. The molecule has 1 aromatic heterocycles. The van der Waals surface area contributed by atoms with Crippen LogP contribution in [0.5, 0.6) is 11.5 Å².